The summed E-state index contributed by atoms with van der Waals surface area (Å²) in [5.41, 5.74) is 4.83. The van der Waals surface area contributed by atoms with Crippen LogP contribution in [0.25, 0.3) is 102 Å². The molecule has 616 valence electrons. The zero-order valence-corrected chi connectivity index (χ0v) is 73.1. The number of fused-ring (bicyclic) bond motifs is 15. The number of carbonyl (C=O) groups excluding carboxylic acids is 2. The molecule has 3 aliphatic rings. The van der Waals surface area contributed by atoms with Crippen LogP contribution in [0.1, 0.15) is 45.6 Å². The highest BCUT2D eigenvalue weighted by molar-refractivity contribution is 7.28. The second kappa shape index (κ2) is 35.5. The van der Waals surface area contributed by atoms with Gasteiger partial charge < -0.3 is 60.1 Å². The number of rotatable bonds is 13. The third-order valence-electron chi connectivity index (χ3n) is 19.6. The van der Waals surface area contributed by atoms with Crippen LogP contribution in [0.4, 0.5) is 59.1 Å². The summed E-state index contributed by atoms with van der Waals surface area (Å²) in [4.78, 5) is 82.1. The number of hydrogen-bond acceptors (Lipinski definition) is 27. The first-order valence-electron chi connectivity index (χ1n) is 38.2. The number of benzene rings is 6. The van der Waals surface area contributed by atoms with E-state index in [9.17, 15) is 22.8 Å². The monoisotopic (exact) mass is 1760 g/mol. The zero-order chi connectivity index (χ0) is 83.7. The van der Waals surface area contributed by atoms with E-state index in [0.717, 1.165) is 144 Å². The van der Waals surface area contributed by atoms with Gasteiger partial charge in [0.2, 0.25) is 34.3 Å². The lowest BCUT2D eigenvalue weighted by molar-refractivity contribution is -0.274. The van der Waals surface area contributed by atoms with Crippen molar-refractivity contribution in [2.45, 2.75) is 76.5 Å². The highest BCUT2D eigenvalue weighted by Gasteiger charge is 2.34. The lowest BCUT2D eigenvalue weighted by atomic mass is 10.1. The Kier molecular flexibility index (Phi) is 24.9. The van der Waals surface area contributed by atoms with Gasteiger partial charge in [0.15, 0.2) is 28.4 Å². The SMILES string of the molecule is CN(C)c1nc(Cl)nc2c1sc1ccccc12.CN(C)c1nc(N[C@H]2CCN(C(=O)Cc3ccc(OC(F)(F)F)cc3)C2)nc2c1sc1ccccc12.CN(C)c1nc(N[C@H]2CCN(C(=O)OC(C)(C)C)C2)nc2c1sc1ccccc12.CN(C)c1nc(N[C@H]2CCNC2)nc2c1sc1ccccc12.Clc1nc(Cl)c2sc3ccccc3c2n1. The van der Waals surface area contributed by atoms with Gasteiger partial charge in [-0.2, -0.15) is 19.9 Å². The minimum Gasteiger partial charge on any atom is -0.444 e. The third-order valence-corrected chi connectivity index (χ3v) is 26.1. The van der Waals surface area contributed by atoms with Gasteiger partial charge in [0.1, 0.15) is 11.4 Å². The molecule has 16 aromatic rings. The fourth-order valence-electron chi connectivity index (χ4n) is 14.1. The molecular formula is C84H84Cl3F3N20O4S5. The molecule has 0 saturated carbocycles. The highest BCUT2D eigenvalue weighted by Crippen LogP contribution is 2.43. The van der Waals surface area contributed by atoms with E-state index in [1.807, 2.05) is 153 Å². The van der Waals surface area contributed by atoms with Crippen LogP contribution in [0.3, 0.4) is 0 Å². The Balaban J connectivity index is 0.000000120. The topological polar surface area (TPSA) is 249 Å². The number of amides is 2. The van der Waals surface area contributed by atoms with E-state index in [0.29, 0.717) is 60.1 Å². The lowest BCUT2D eigenvalue weighted by Crippen LogP contribution is -2.36. The first-order valence-corrected chi connectivity index (χ1v) is 43.5. The molecule has 10 aromatic heterocycles. The molecule has 0 bridgehead atoms. The van der Waals surface area contributed by atoms with Crippen molar-refractivity contribution < 1.29 is 32.2 Å². The average molecular weight is 1760 g/mol. The smallest absolute Gasteiger partial charge is 0.444 e. The Labute approximate surface area is 718 Å². The maximum Gasteiger partial charge on any atom is 0.573 e. The summed E-state index contributed by atoms with van der Waals surface area (Å²) in [6.45, 7) is 10.0. The van der Waals surface area contributed by atoms with Crippen LogP contribution in [0.2, 0.25) is 15.7 Å². The number of nitrogens with one attached hydrogen (secondary N) is 4. The molecule has 119 heavy (non-hydrogen) atoms. The normalized spacial score (nSPS) is 15.4. The standard InChI is InChI=1S/C25H24F3N5O2S.C21H27N5O2S.C16H19N5S.C12H10ClN3S.C10H4Cl2N2S/c1-32(2)23-22-21(18-5-3-4-6-19(18)36-22)30-24(31-23)29-16-11-12-33(14-16)20(34)13-15-7-9-17(10-8-15)35-25(26,27)28;1-21(2,3)28-20(27)26-11-10-13(12-26)22-19-23-16-14-8-6-7-9-15(14)29-17(16)18(24-19)25(4)5;1-21(2)15-14-13(11-5-3-4-6-12(11)22-14)19-16(20-15)18-10-7-8-17-9-10;1-16(2)11-10-9(14-12(13)15-11)7-5-3-4-6-8(7)17-10;11-9-8-7(13-10(12)14-9)5-3-1-2-4-6(5)15-8/h3-10,16H,11-14H2,1-2H3,(H,29,30,31);6-9,13H,10-12H2,1-5H3,(H,22,23,24);3-6,10,17H,7-9H2,1-2H3,(H,18,19,20);3-6H,1-2H3;1-4H/t16-;13-;10-;;/m000../s1. The zero-order valence-electron chi connectivity index (χ0n) is 66.8. The number of ether oxygens (including phenoxy) is 2. The van der Waals surface area contributed by atoms with Gasteiger partial charge in [-0.15, -0.1) is 69.9 Å². The molecule has 6 aromatic carbocycles. The van der Waals surface area contributed by atoms with Crippen LogP contribution in [-0.4, -0.2) is 197 Å². The quantitative estimate of drug-likeness (QED) is 0.0618. The van der Waals surface area contributed by atoms with Crippen LogP contribution in [-0.2, 0) is 16.0 Å². The van der Waals surface area contributed by atoms with Gasteiger partial charge in [0, 0.05) is 158 Å². The van der Waals surface area contributed by atoms with Crippen molar-refractivity contribution in [3.8, 4) is 5.75 Å². The molecule has 13 heterocycles. The summed E-state index contributed by atoms with van der Waals surface area (Å²) >= 11 is 26.2. The molecule has 4 N–H and O–H groups in total. The Morgan fingerprint density at radius 3 is 1.19 bits per heavy atom. The van der Waals surface area contributed by atoms with E-state index >= 15 is 0 Å². The molecule has 3 atom stereocenters. The molecule has 0 aliphatic carbocycles. The highest BCUT2D eigenvalue weighted by atomic mass is 35.5. The van der Waals surface area contributed by atoms with E-state index in [2.05, 4.69) is 112 Å². The number of thiophene rings is 5. The fraction of sp³-hybridized carbons (Fsp3) is 0.310. The molecule has 3 fully saturated rings. The summed E-state index contributed by atoms with van der Waals surface area (Å²) in [6, 6.07) is 47.0. The van der Waals surface area contributed by atoms with E-state index in [1.165, 1.54) is 43.8 Å². The van der Waals surface area contributed by atoms with E-state index < -0.39 is 12.0 Å². The third kappa shape index (κ3) is 19.3. The minimum atomic E-state index is -4.74. The van der Waals surface area contributed by atoms with Crippen molar-refractivity contribution in [3.63, 3.8) is 0 Å². The van der Waals surface area contributed by atoms with Gasteiger partial charge in [0.05, 0.1) is 57.5 Å². The Bertz CT molecular complexity index is 6420. The number of anilines is 7. The first kappa shape index (κ1) is 83.6. The van der Waals surface area contributed by atoms with Crippen LogP contribution in [0.15, 0.2) is 146 Å². The largest absolute Gasteiger partial charge is 0.573 e. The summed E-state index contributed by atoms with van der Waals surface area (Å²) in [5.74, 6) is 5.06. The van der Waals surface area contributed by atoms with Gasteiger partial charge in [-0.25, -0.2) is 34.7 Å². The number of hydrogen-bond donors (Lipinski definition) is 4. The number of aromatic nitrogens is 10. The molecule has 3 saturated heterocycles. The molecule has 3 aliphatic heterocycles. The van der Waals surface area contributed by atoms with Crippen molar-refractivity contribution in [2.24, 2.45) is 0 Å². The molecule has 0 radical (unpaired) electrons. The maximum absolute atomic E-state index is 12.8. The van der Waals surface area contributed by atoms with Gasteiger partial charge >= 0.3 is 12.5 Å². The summed E-state index contributed by atoms with van der Waals surface area (Å²) in [5, 5.41) is 20.2. The average Bonchev–Trinajstić information content (AvgIpc) is 1.63. The van der Waals surface area contributed by atoms with E-state index in [-0.39, 0.29) is 41.5 Å². The second-order valence-corrected chi connectivity index (χ2v) is 36.7. The van der Waals surface area contributed by atoms with Crippen LogP contribution >= 0.6 is 91.5 Å². The molecule has 0 spiro atoms. The maximum atomic E-state index is 12.8. The Morgan fingerprint density at radius 1 is 0.454 bits per heavy atom. The second-order valence-electron chi connectivity index (χ2n) is 30.4. The first-order chi connectivity index (χ1) is 57.0. The molecule has 0 unspecified atom stereocenters. The van der Waals surface area contributed by atoms with Crippen LogP contribution < -0.4 is 45.6 Å². The van der Waals surface area contributed by atoms with Gasteiger partial charge in [-0.05, 0) is 118 Å². The summed E-state index contributed by atoms with van der Waals surface area (Å²) < 4.78 is 57.6. The van der Waals surface area contributed by atoms with Gasteiger partial charge in [-0.1, -0.05) is 115 Å². The summed E-state index contributed by atoms with van der Waals surface area (Å²) in [6.07, 6.45) is -2.21. The number of nitrogens with zero attached hydrogens (tertiary/aromatic N) is 16. The molecule has 2 amide bonds. The Morgan fingerprint density at radius 2 is 0.807 bits per heavy atom. The molecule has 24 nitrogen and oxygen atoms in total. The number of likely N-dealkylation sites (tertiary alicyclic amines) is 2. The van der Waals surface area contributed by atoms with Gasteiger partial charge in [-0.3, -0.25) is 4.79 Å². The van der Waals surface area contributed by atoms with Crippen molar-refractivity contribution in [1.82, 2.24) is 65.0 Å². The number of carbonyl (C=O) groups is 2. The van der Waals surface area contributed by atoms with E-state index in [4.69, 9.17) is 69.4 Å². The molecular weight excluding hydrogens is 1680 g/mol. The minimum absolute atomic E-state index is 0.00567. The van der Waals surface area contributed by atoms with Crippen molar-refractivity contribution >= 4 is 246 Å². The molecule has 35 heteroatoms. The molecule has 19 rings (SSSR count). The predicted octanol–water partition coefficient (Wildman–Crippen LogP) is 19.8. The van der Waals surface area contributed by atoms with E-state index in [1.54, 1.807) is 66.5 Å². The Hall–Kier alpha value is -10.4. The van der Waals surface area contributed by atoms with Crippen LogP contribution in [0, 0.1) is 0 Å². The number of halogens is 6. The van der Waals surface area contributed by atoms with Crippen molar-refractivity contribution in [2.75, 3.05) is 131 Å². The van der Waals surface area contributed by atoms with Gasteiger partial charge in [0.25, 0.3) is 0 Å². The van der Waals surface area contributed by atoms with Crippen LogP contribution in [0.5, 0.6) is 5.75 Å². The van der Waals surface area contributed by atoms with Crippen molar-refractivity contribution in [3.05, 3.63) is 167 Å². The fourth-order valence-corrected chi connectivity index (χ4v) is 20.7. The van der Waals surface area contributed by atoms with Crippen molar-refractivity contribution in [1.29, 1.82) is 0 Å². The number of alkyl halides is 3. The summed E-state index contributed by atoms with van der Waals surface area (Å²) in [7, 11) is 15.9. The lowest BCUT2D eigenvalue weighted by Gasteiger charge is -2.24. The predicted molar refractivity (Wildman–Crippen MR) is 487 cm³/mol.